The third-order valence-corrected chi connectivity index (χ3v) is 6.34. The van der Waals surface area contributed by atoms with Crippen molar-refractivity contribution < 1.29 is 14.3 Å². The smallest absolute Gasteiger partial charge is 0.261 e. The summed E-state index contributed by atoms with van der Waals surface area (Å²) in [6.07, 6.45) is 0.311. The number of likely N-dealkylation sites (N-methyl/N-ethyl adjacent to an activating group) is 1. The molecule has 0 aromatic heterocycles. The Morgan fingerprint density at radius 1 is 0.914 bits per heavy atom. The summed E-state index contributed by atoms with van der Waals surface area (Å²) >= 11 is 24.6. The summed E-state index contributed by atoms with van der Waals surface area (Å²) in [4.78, 5) is 28.1. The van der Waals surface area contributed by atoms with Crippen molar-refractivity contribution >= 4 is 58.2 Å². The zero-order valence-electron chi connectivity index (χ0n) is 18.9. The van der Waals surface area contributed by atoms with E-state index in [9.17, 15) is 9.59 Å². The molecule has 0 spiro atoms. The van der Waals surface area contributed by atoms with Gasteiger partial charge in [0.15, 0.2) is 6.61 Å². The van der Waals surface area contributed by atoms with Crippen LogP contribution in [0.25, 0.3) is 0 Å². The fourth-order valence-electron chi connectivity index (χ4n) is 3.49. The molecule has 3 aromatic rings. The molecule has 3 rings (SSSR count). The van der Waals surface area contributed by atoms with Crippen molar-refractivity contribution in [1.82, 2.24) is 10.2 Å². The normalized spacial score (nSPS) is 11.6. The molecule has 9 heteroatoms. The highest BCUT2D eigenvalue weighted by molar-refractivity contribution is 6.35. The van der Waals surface area contributed by atoms with Crippen LogP contribution >= 0.6 is 46.4 Å². The summed E-state index contributed by atoms with van der Waals surface area (Å²) in [5.41, 5.74) is 1.56. The number of nitrogens with one attached hydrogen (secondary N) is 1. The number of benzene rings is 3. The van der Waals surface area contributed by atoms with E-state index in [4.69, 9.17) is 51.1 Å². The Morgan fingerprint density at radius 2 is 1.57 bits per heavy atom. The fraction of sp³-hybridized carbons (Fsp3) is 0.231. The largest absolute Gasteiger partial charge is 0.482 e. The second kappa shape index (κ2) is 13.0. The number of carbonyl (C=O) groups is 2. The first kappa shape index (κ1) is 27.2. The third-order valence-electron chi connectivity index (χ3n) is 5.22. The first-order chi connectivity index (χ1) is 16.8. The SMILES string of the molecule is CCNC(=O)[C@H](Cc1ccccc1)N(Cc1ccc(Cl)cc1Cl)C(=O)COc1ccc(Cl)cc1Cl. The van der Waals surface area contributed by atoms with Crippen LogP contribution in [-0.2, 0) is 22.6 Å². The molecular formula is C26H24Cl4N2O3. The summed E-state index contributed by atoms with van der Waals surface area (Å²) in [6, 6.07) is 18.4. The highest BCUT2D eigenvalue weighted by Crippen LogP contribution is 2.28. The minimum atomic E-state index is -0.805. The van der Waals surface area contributed by atoms with E-state index in [-0.39, 0.29) is 24.1 Å². The van der Waals surface area contributed by atoms with E-state index >= 15 is 0 Å². The lowest BCUT2D eigenvalue weighted by Gasteiger charge is -2.31. The topological polar surface area (TPSA) is 58.6 Å². The third kappa shape index (κ3) is 7.77. The highest BCUT2D eigenvalue weighted by Gasteiger charge is 2.31. The van der Waals surface area contributed by atoms with E-state index in [0.717, 1.165) is 5.56 Å². The molecule has 0 aliphatic carbocycles. The van der Waals surface area contributed by atoms with Crippen LogP contribution in [0.2, 0.25) is 20.1 Å². The molecule has 0 aliphatic rings. The van der Waals surface area contributed by atoms with E-state index in [1.54, 1.807) is 30.3 Å². The second-order valence-electron chi connectivity index (χ2n) is 7.72. The summed E-state index contributed by atoms with van der Waals surface area (Å²) in [7, 11) is 0. The molecule has 35 heavy (non-hydrogen) atoms. The standard InChI is InChI=1S/C26H24Cl4N2O3/c1-2-31-26(34)23(12-17-6-4-3-5-7-17)32(15-18-8-9-19(27)13-21(18)29)25(33)16-35-24-11-10-20(28)14-22(24)30/h3-11,13-14,23H,2,12,15-16H2,1H3,(H,31,34)/t23-/m0/s1. The van der Waals surface area contributed by atoms with Crippen molar-refractivity contribution in [2.45, 2.75) is 25.9 Å². The number of nitrogens with zero attached hydrogens (tertiary/aromatic N) is 1. The van der Waals surface area contributed by atoms with E-state index in [0.29, 0.717) is 39.3 Å². The van der Waals surface area contributed by atoms with Crippen molar-refractivity contribution in [1.29, 1.82) is 0 Å². The lowest BCUT2D eigenvalue weighted by molar-refractivity contribution is -0.142. The number of amides is 2. The maximum absolute atomic E-state index is 13.5. The molecule has 3 aromatic carbocycles. The Balaban J connectivity index is 1.93. The molecule has 0 saturated heterocycles. The molecule has 0 bridgehead atoms. The van der Waals surface area contributed by atoms with Crippen LogP contribution in [-0.4, -0.2) is 35.9 Å². The van der Waals surface area contributed by atoms with Gasteiger partial charge < -0.3 is 15.0 Å². The maximum Gasteiger partial charge on any atom is 0.261 e. The van der Waals surface area contributed by atoms with Crippen LogP contribution < -0.4 is 10.1 Å². The molecular weight excluding hydrogens is 530 g/mol. The summed E-state index contributed by atoms with van der Waals surface area (Å²) in [6.45, 7) is 1.99. The minimum absolute atomic E-state index is 0.0845. The number of carbonyl (C=O) groups excluding carboxylic acids is 2. The van der Waals surface area contributed by atoms with E-state index < -0.39 is 11.9 Å². The molecule has 1 atom stereocenters. The van der Waals surface area contributed by atoms with Gasteiger partial charge in [-0.25, -0.2) is 0 Å². The first-order valence-corrected chi connectivity index (χ1v) is 12.4. The van der Waals surface area contributed by atoms with Crippen molar-refractivity contribution in [3.05, 3.63) is 97.9 Å². The molecule has 0 fully saturated rings. The van der Waals surface area contributed by atoms with Gasteiger partial charge in [0.2, 0.25) is 5.91 Å². The van der Waals surface area contributed by atoms with Crippen LogP contribution in [0.3, 0.4) is 0 Å². The van der Waals surface area contributed by atoms with E-state index in [1.807, 2.05) is 37.3 Å². The molecule has 1 N–H and O–H groups in total. The fourth-order valence-corrected chi connectivity index (χ4v) is 4.43. The van der Waals surface area contributed by atoms with Gasteiger partial charge >= 0.3 is 0 Å². The van der Waals surface area contributed by atoms with E-state index in [2.05, 4.69) is 5.32 Å². The van der Waals surface area contributed by atoms with Crippen LogP contribution in [0.5, 0.6) is 5.75 Å². The Morgan fingerprint density at radius 3 is 2.20 bits per heavy atom. The van der Waals surface area contributed by atoms with Crippen LogP contribution in [0.1, 0.15) is 18.1 Å². The maximum atomic E-state index is 13.5. The summed E-state index contributed by atoms with van der Waals surface area (Å²) in [5, 5.41) is 4.44. The van der Waals surface area contributed by atoms with Crippen molar-refractivity contribution in [2.75, 3.05) is 13.2 Å². The average Bonchev–Trinajstić information content (AvgIpc) is 2.82. The minimum Gasteiger partial charge on any atom is -0.482 e. The van der Waals surface area contributed by atoms with Gasteiger partial charge in [0.1, 0.15) is 11.8 Å². The van der Waals surface area contributed by atoms with Gasteiger partial charge in [-0.2, -0.15) is 0 Å². The van der Waals surface area contributed by atoms with Crippen molar-refractivity contribution in [2.24, 2.45) is 0 Å². The number of halogens is 4. The van der Waals surface area contributed by atoms with Gasteiger partial charge in [0, 0.05) is 34.6 Å². The van der Waals surface area contributed by atoms with Crippen LogP contribution in [0, 0.1) is 0 Å². The molecule has 184 valence electrons. The van der Waals surface area contributed by atoms with Gasteiger partial charge in [-0.15, -0.1) is 0 Å². The molecule has 0 aliphatic heterocycles. The Hall–Kier alpha value is -2.44. The van der Waals surface area contributed by atoms with Gasteiger partial charge in [-0.1, -0.05) is 82.8 Å². The zero-order chi connectivity index (χ0) is 25.4. The number of ether oxygens (including phenoxy) is 1. The van der Waals surface area contributed by atoms with Gasteiger partial charge in [0.05, 0.1) is 5.02 Å². The number of hydrogen-bond donors (Lipinski definition) is 1. The Labute approximate surface area is 224 Å². The monoisotopic (exact) mass is 552 g/mol. The molecule has 2 amide bonds. The Kier molecular flexibility index (Phi) is 10.1. The Bertz CT molecular complexity index is 1170. The number of hydrogen-bond acceptors (Lipinski definition) is 3. The quantitative estimate of drug-likeness (QED) is 0.313. The van der Waals surface area contributed by atoms with Gasteiger partial charge in [-0.05, 0) is 48.4 Å². The van der Waals surface area contributed by atoms with Crippen molar-refractivity contribution in [3.8, 4) is 5.75 Å². The lowest BCUT2D eigenvalue weighted by atomic mass is 10.0. The van der Waals surface area contributed by atoms with Gasteiger partial charge in [-0.3, -0.25) is 9.59 Å². The second-order valence-corrected chi connectivity index (χ2v) is 9.41. The van der Waals surface area contributed by atoms with Crippen molar-refractivity contribution in [3.63, 3.8) is 0 Å². The molecule has 0 unspecified atom stereocenters. The first-order valence-electron chi connectivity index (χ1n) is 10.9. The average molecular weight is 554 g/mol. The highest BCUT2D eigenvalue weighted by atomic mass is 35.5. The number of rotatable bonds is 10. The molecule has 0 heterocycles. The molecule has 0 radical (unpaired) electrons. The predicted octanol–water partition coefficient (Wildman–Crippen LogP) is 6.46. The lowest BCUT2D eigenvalue weighted by Crippen LogP contribution is -2.51. The molecule has 0 saturated carbocycles. The predicted molar refractivity (Wildman–Crippen MR) is 142 cm³/mol. The molecule has 5 nitrogen and oxygen atoms in total. The van der Waals surface area contributed by atoms with Crippen LogP contribution in [0.4, 0.5) is 0 Å². The summed E-state index contributed by atoms with van der Waals surface area (Å²) in [5.74, 6) is -0.375. The van der Waals surface area contributed by atoms with E-state index in [1.165, 1.54) is 11.0 Å². The van der Waals surface area contributed by atoms with Gasteiger partial charge in [0.25, 0.3) is 5.91 Å². The summed E-state index contributed by atoms with van der Waals surface area (Å²) < 4.78 is 5.69. The van der Waals surface area contributed by atoms with Crippen LogP contribution in [0.15, 0.2) is 66.7 Å². The zero-order valence-corrected chi connectivity index (χ0v) is 22.0.